The smallest absolute Gasteiger partial charge is 0.264 e. The van der Waals surface area contributed by atoms with Crippen LogP contribution >= 0.6 is 27.5 Å². The lowest BCUT2D eigenvalue weighted by Crippen LogP contribution is -2.55. The van der Waals surface area contributed by atoms with Gasteiger partial charge in [0, 0.05) is 28.5 Å². The minimum atomic E-state index is -4.19. The summed E-state index contributed by atoms with van der Waals surface area (Å²) < 4.78 is 30.2. The number of hydrogen-bond acceptors (Lipinski definition) is 4. The zero-order valence-electron chi connectivity index (χ0n) is 26.3. The fourth-order valence-electron chi connectivity index (χ4n) is 5.91. The Labute approximate surface area is 291 Å². The maximum atomic E-state index is 14.7. The number of halogens is 2. The second kappa shape index (κ2) is 16.0. The van der Waals surface area contributed by atoms with Crippen LogP contribution in [0.1, 0.15) is 48.8 Å². The van der Waals surface area contributed by atoms with Crippen LogP contribution in [0.3, 0.4) is 0 Å². The molecule has 246 valence electrons. The quantitative estimate of drug-likeness (QED) is 0.162. The molecule has 0 aliphatic heterocycles. The third kappa shape index (κ3) is 9.03. The summed E-state index contributed by atoms with van der Waals surface area (Å²) in [6, 6.07) is 29.2. The normalized spacial score (nSPS) is 14.3. The number of carbonyl (C=O) groups is 2. The van der Waals surface area contributed by atoms with Crippen LogP contribution in [0.4, 0.5) is 5.69 Å². The Balaban J connectivity index is 1.57. The molecule has 0 heterocycles. The van der Waals surface area contributed by atoms with E-state index in [1.54, 1.807) is 48.5 Å². The number of benzene rings is 4. The maximum Gasteiger partial charge on any atom is 0.264 e. The Morgan fingerprint density at radius 1 is 0.894 bits per heavy atom. The molecule has 1 atom stereocenters. The van der Waals surface area contributed by atoms with E-state index >= 15 is 0 Å². The Morgan fingerprint density at radius 3 is 2.26 bits per heavy atom. The average molecular weight is 737 g/mol. The van der Waals surface area contributed by atoms with Gasteiger partial charge in [-0.1, -0.05) is 119 Å². The molecule has 5 rings (SSSR count). The van der Waals surface area contributed by atoms with Crippen LogP contribution in [0.15, 0.2) is 112 Å². The monoisotopic (exact) mass is 735 g/mol. The molecule has 1 N–H and O–H groups in total. The predicted molar refractivity (Wildman–Crippen MR) is 191 cm³/mol. The number of carbonyl (C=O) groups excluding carboxylic acids is 2. The summed E-state index contributed by atoms with van der Waals surface area (Å²) >= 11 is 10.1. The zero-order chi connectivity index (χ0) is 33.4. The third-order valence-electron chi connectivity index (χ3n) is 8.51. The molecule has 0 saturated heterocycles. The van der Waals surface area contributed by atoms with E-state index in [1.807, 2.05) is 49.4 Å². The number of nitrogens with one attached hydrogen (secondary N) is 1. The Hall–Kier alpha value is -3.66. The molecule has 1 aliphatic carbocycles. The topological polar surface area (TPSA) is 86.8 Å². The second-order valence-electron chi connectivity index (χ2n) is 12.0. The molecule has 1 fully saturated rings. The molecule has 1 saturated carbocycles. The van der Waals surface area contributed by atoms with Gasteiger partial charge in [0.1, 0.15) is 12.6 Å². The van der Waals surface area contributed by atoms with Crippen LogP contribution in [-0.4, -0.2) is 43.8 Å². The number of sulfonamides is 1. The Kier molecular flexibility index (Phi) is 11.8. The van der Waals surface area contributed by atoms with Gasteiger partial charge in [0.05, 0.1) is 10.6 Å². The highest BCUT2D eigenvalue weighted by atomic mass is 79.9. The van der Waals surface area contributed by atoms with Gasteiger partial charge < -0.3 is 10.2 Å². The van der Waals surface area contributed by atoms with E-state index < -0.39 is 28.5 Å². The third-order valence-corrected chi connectivity index (χ3v) is 11.2. The SMILES string of the molecule is Cc1ccc(S(=O)(=O)N(CC(=O)N(Cc2ccccc2Cl)[C@@H](Cc2ccccc2)C(=O)NC2CCCCC2)c2cccc(Br)c2)cc1. The van der Waals surface area contributed by atoms with Crippen molar-refractivity contribution >= 4 is 55.1 Å². The van der Waals surface area contributed by atoms with Crippen molar-refractivity contribution in [1.29, 1.82) is 0 Å². The van der Waals surface area contributed by atoms with Gasteiger partial charge in [0.15, 0.2) is 0 Å². The van der Waals surface area contributed by atoms with Gasteiger partial charge in [0.2, 0.25) is 11.8 Å². The predicted octanol–water partition coefficient (Wildman–Crippen LogP) is 7.70. The van der Waals surface area contributed by atoms with Crippen molar-refractivity contribution in [3.05, 3.63) is 129 Å². The first-order valence-corrected chi connectivity index (χ1v) is 18.4. The van der Waals surface area contributed by atoms with Gasteiger partial charge in [0.25, 0.3) is 10.0 Å². The molecule has 0 aromatic heterocycles. The van der Waals surface area contributed by atoms with Crippen LogP contribution in [0, 0.1) is 6.92 Å². The standard InChI is InChI=1S/C37H39BrClN3O4S/c1-27-19-21-33(22-20-27)47(45,46)42(32-17-10-14-30(38)24-32)26-36(43)41(25-29-13-8-9-18-34(29)39)35(23-28-11-4-2-5-12-28)37(44)40-31-15-6-3-7-16-31/h2,4-5,8-14,17-22,24,31,35H,3,6-7,15-16,23,25-26H2,1H3,(H,40,44)/t35-/m0/s1. The number of nitrogens with zero attached hydrogens (tertiary/aromatic N) is 2. The fourth-order valence-corrected chi connectivity index (χ4v) is 7.89. The zero-order valence-corrected chi connectivity index (χ0v) is 29.5. The van der Waals surface area contributed by atoms with E-state index in [0.717, 1.165) is 47.5 Å². The molecule has 7 nitrogen and oxygen atoms in total. The van der Waals surface area contributed by atoms with E-state index in [0.29, 0.717) is 20.7 Å². The number of rotatable bonds is 12. The first kappa shape index (κ1) is 34.7. The summed E-state index contributed by atoms with van der Waals surface area (Å²) in [7, 11) is -4.19. The summed E-state index contributed by atoms with van der Waals surface area (Å²) in [4.78, 5) is 30.4. The van der Waals surface area contributed by atoms with E-state index in [2.05, 4.69) is 21.2 Å². The first-order chi connectivity index (χ1) is 22.6. The molecule has 0 radical (unpaired) electrons. The summed E-state index contributed by atoms with van der Waals surface area (Å²) in [6.07, 6.45) is 5.22. The van der Waals surface area contributed by atoms with Gasteiger partial charge in [-0.15, -0.1) is 0 Å². The second-order valence-corrected chi connectivity index (χ2v) is 15.2. The van der Waals surface area contributed by atoms with Gasteiger partial charge in [-0.2, -0.15) is 0 Å². The Bertz CT molecular complexity index is 1780. The lowest BCUT2D eigenvalue weighted by Gasteiger charge is -2.35. The largest absolute Gasteiger partial charge is 0.352 e. The van der Waals surface area contributed by atoms with Gasteiger partial charge >= 0.3 is 0 Å². The first-order valence-electron chi connectivity index (χ1n) is 15.8. The average Bonchev–Trinajstić information content (AvgIpc) is 3.07. The molecule has 0 spiro atoms. The summed E-state index contributed by atoms with van der Waals surface area (Å²) in [5, 5.41) is 3.68. The van der Waals surface area contributed by atoms with Crippen molar-refractivity contribution in [1.82, 2.24) is 10.2 Å². The molecule has 0 unspecified atom stereocenters. The fraction of sp³-hybridized carbons (Fsp3) is 0.297. The molecular formula is C37H39BrClN3O4S. The highest BCUT2D eigenvalue weighted by Gasteiger charge is 2.35. The van der Waals surface area contributed by atoms with Crippen LogP contribution in [0.2, 0.25) is 5.02 Å². The molecule has 0 bridgehead atoms. The van der Waals surface area contributed by atoms with Crippen molar-refractivity contribution in [2.45, 2.75) is 69.0 Å². The number of hydrogen-bond donors (Lipinski definition) is 1. The van der Waals surface area contributed by atoms with Crippen molar-refractivity contribution in [3.63, 3.8) is 0 Å². The maximum absolute atomic E-state index is 14.7. The molecule has 47 heavy (non-hydrogen) atoms. The summed E-state index contributed by atoms with van der Waals surface area (Å²) in [5.74, 6) is -0.795. The number of aryl methyl sites for hydroxylation is 1. The van der Waals surface area contributed by atoms with E-state index in [4.69, 9.17) is 11.6 Å². The van der Waals surface area contributed by atoms with E-state index in [9.17, 15) is 18.0 Å². The van der Waals surface area contributed by atoms with Gasteiger partial charge in [-0.25, -0.2) is 8.42 Å². The molecule has 1 aliphatic rings. The lowest BCUT2D eigenvalue weighted by atomic mass is 9.94. The lowest BCUT2D eigenvalue weighted by molar-refractivity contribution is -0.140. The summed E-state index contributed by atoms with van der Waals surface area (Å²) in [5.41, 5.74) is 2.76. The molecule has 4 aromatic rings. The van der Waals surface area contributed by atoms with Crippen LogP contribution in [0.5, 0.6) is 0 Å². The number of amides is 2. The van der Waals surface area contributed by atoms with Gasteiger partial charge in [-0.3, -0.25) is 13.9 Å². The molecule has 10 heteroatoms. The summed E-state index contributed by atoms with van der Waals surface area (Å²) in [6.45, 7) is 1.37. The Morgan fingerprint density at radius 2 is 1.57 bits per heavy atom. The van der Waals surface area contributed by atoms with Crippen LogP contribution < -0.4 is 9.62 Å². The highest BCUT2D eigenvalue weighted by molar-refractivity contribution is 9.10. The van der Waals surface area contributed by atoms with Gasteiger partial charge in [-0.05, 0) is 67.3 Å². The van der Waals surface area contributed by atoms with Crippen LogP contribution in [-0.2, 0) is 32.6 Å². The van der Waals surface area contributed by atoms with Crippen molar-refractivity contribution < 1.29 is 18.0 Å². The molecule has 4 aromatic carbocycles. The van der Waals surface area contributed by atoms with Crippen molar-refractivity contribution in [2.24, 2.45) is 0 Å². The minimum absolute atomic E-state index is 0.0188. The molecular weight excluding hydrogens is 698 g/mol. The van der Waals surface area contributed by atoms with E-state index in [-0.39, 0.29) is 29.8 Å². The van der Waals surface area contributed by atoms with Crippen molar-refractivity contribution in [3.8, 4) is 0 Å². The van der Waals surface area contributed by atoms with Crippen LogP contribution in [0.25, 0.3) is 0 Å². The minimum Gasteiger partial charge on any atom is -0.352 e. The molecule has 2 amide bonds. The van der Waals surface area contributed by atoms with E-state index in [1.165, 1.54) is 17.0 Å². The highest BCUT2D eigenvalue weighted by Crippen LogP contribution is 2.28. The number of anilines is 1. The van der Waals surface area contributed by atoms with Crippen molar-refractivity contribution in [2.75, 3.05) is 10.8 Å².